The van der Waals surface area contributed by atoms with E-state index in [4.69, 9.17) is 0 Å². The van der Waals surface area contributed by atoms with Crippen LogP contribution in [0.5, 0.6) is 0 Å². The van der Waals surface area contributed by atoms with Gasteiger partial charge in [0.15, 0.2) is 5.78 Å². The van der Waals surface area contributed by atoms with Crippen molar-refractivity contribution < 1.29 is 4.79 Å². The van der Waals surface area contributed by atoms with Gasteiger partial charge in [-0.15, -0.1) is 0 Å². The molecule has 0 N–H and O–H groups in total. The molecule has 0 saturated heterocycles. The zero-order valence-electron chi connectivity index (χ0n) is 11.8. The SMILES string of the molecule is C=C(C)C1CCC(C)C2=C(C1)C(=O)CC2.CC. The number of ketones is 1. The standard InChI is InChI=1S/C14H20O.C2H6/c1-9(2)11-5-4-10(3)12-6-7-14(15)13(12)8-11;1-2/h10-11H,1,4-8H2,2-3H3;1-2H3. The third kappa shape index (κ3) is 3.08. The van der Waals surface area contributed by atoms with Crippen LogP contribution in [-0.4, -0.2) is 5.78 Å². The lowest BCUT2D eigenvalue weighted by Gasteiger charge is -2.15. The molecule has 2 atom stereocenters. The molecule has 0 saturated carbocycles. The smallest absolute Gasteiger partial charge is 0.159 e. The van der Waals surface area contributed by atoms with Crippen molar-refractivity contribution in [3.8, 4) is 0 Å². The fourth-order valence-electron chi connectivity index (χ4n) is 2.91. The highest BCUT2D eigenvalue weighted by Crippen LogP contribution is 2.40. The maximum absolute atomic E-state index is 11.8. The van der Waals surface area contributed by atoms with E-state index in [1.165, 1.54) is 24.0 Å². The number of allylic oxidation sites excluding steroid dienone is 3. The highest BCUT2D eigenvalue weighted by molar-refractivity contribution is 5.98. The Morgan fingerprint density at radius 3 is 2.47 bits per heavy atom. The van der Waals surface area contributed by atoms with Gasteiger partial charge < -0.3 is 0 Å². The van der Waals surface area contributed by atoms with Crippen molar-refractivity contribution in [1.82, 2.24) is 0 Å². The van der Waals surface area contributed by atoms with Gasteiger partial charge in [0.25, 0.3) is 0 Å². The van der Waals surface area contributed by atoms with Crippen molar-refractivity contribution in [2.45, 2.75) is 59.8 Å². The fraction of sp³-hybridized carbons (Fsp3) is 0.688. The van der Waals surface area contributed by atoms with Crippen molar-refractivity contribution in [2.24, 2.45) is 11.8 Å². The lowest BCUT2D eigenvalue weighted by Crippen LogP contribution is -2.05. The van der Waals surface area contributed by atoms with E-state index in [9.17, 15) is 4.79 Å². The Bertz CT molecular complexity index is 335. The van der Waals surface area contributed by atoms with Crippen LogP contribution in [0.4, 0.5) is 0 Å². The molecule has 2 aliphatic carbocycles. The summed E-state index contributed by atoms with van der Waals surface area (Å²) in [6.07, 6.45) is 5.18. The summed E-state index contributed by atoms with van der Waals surface area (Å²) in [4.78, 5) is 11.8. The Hall–Kier alpha value is -0.850. The maximum Gasteiger partial charge on any atom is 0.159 e. The van der Waals surface area contributed by atoms with Crippen molar-refractivity contribution in [3.63, 3.8) is 0 Å². The van der Waals surface area contributed by atoms with Gasteiger partial charge in [0.1, 0.15) is 0 Å². The number of hydrogen-bond donors (Lipinski definition) is 0. The summed E-state index contributed by atoms with van der Waals surface area (Å²) in [6.45, 7) is 12.4. The van der Waals surface area contributed by atoms with Crippen LogP contribution in [0.25, 0.3) is 0 Å². The first kappa shape index (κ1) is 14.2. The second kappa shape index (κ2) is 6.18. The summed E-state index contributed by atoms with van der Waals surface area (Å²) in [7, 11) is 0. The Labute approximate surface area is 106 Å². The highest BCUT2D eigenvalue weighted by Gasteiger charge is 2.31. The van der Waals surface area contributed by atoms with Crippen molar-refractivity contribution in [1.29, 1.82) is 0 Å². The number of hydrogen-bond acceptors (Lipinski definition) is 1. The molecule has 0 heterocycles. The quantitative estimate of drug-likeness (QED) is 0.602. The third-order valence-corrected chi connectivity index (χ3v) is 4.04. The minimum Gasteiger partial charge on any atom is -0.295 e. The molecule has 0 spiro atoms. The van der Waals surface area contributed by atoms with Crippen LogP contribution in [-0.2, 0) is 4.79 Å². The Morgan fingerprint density at radius 1 is 1.24 bits per heavy atom. The maximum atomic E-state index is 11.8. The summed E-state index contributed by atoms with van der Waals surface area (Å²) in [5.41, 5.74) is 3.87. The van der Waals surface area contributed by atoms with E-state index in [1.54, 1.807) is 0 Å². The minimum atomic E-state index is 0.407. The first-order valence-corrected chi connectivity index (χ1v) is 7.00. The molecular weight excluding hydrogens is 208 g/mol. The van der Waals surface area contributed by atoms with Crippen molar-refractivity contribution in [3.05, 3.63) is 23.3 Å². The predicted octanol–water partition coefficient (Wildman–Crippen LogP) is 4.68. The van der Waals surface area contributed by atoms with Gasteiger partial charge in [-0.05, 0) is 50.0 Å². The number of Topliss-reactive ketones (excluding diaryl/α,β-unsaturated/α-hetero) is 1. The first-order valence-electron chi connectivity index (χ1n) is 7.00. The van der Waals surface area contributed by atoms with E-state index < -0.39 is 0 Å². The van der Waals surface area contributed by atoms with Gasteiger partial charge in [-0.1, -0.05) is 38.5 Å². The molecule has 96 valence electrons. The number of rotatable bonds is 1. The summed E-state index contributed by atoms with van der Waals surface area (Å²) in [5, 5.41) is 0. The third-order valence-electron chi connectivity index (χ3n) is 4.04. The van der Waals surface area contributed by atoms with Gasteiger partial charge >= 0.3 is 0 Å². The summed E-state index contributed by atoms with van der Waals surface area (Å²) >= 11 is 0. The van der Waals surface area contributed by atoms with Gasteiger partial charge in [-0.2, -0.15) is 0 Å². The summed E-state index contributed by atoms with van der Waals surface area (Å²) < 4.78 is 0. The topological polar surface area (TPSA) is 17.1 Å². The van der Waals surface area contributed by atoms with Crippen LogP contribution >= 0.6 is 0 Å². The molecule has 0 fully saturated rings. The van der Waals surface area contributed by atoms with Crippen LogP contribution in [0.2, 0.25) is 0 Å². The molecule has 0 aliphatic heterocycles. The molecule has 0 aromatic rings. The van der Waals surface area contributed by atoms with Crippen molar-refractivity contribution >= 4 is 5.78 Å². The molecule has 0 bridgehead atoms. The zero-order valence-corrected chi connectivity index (χ0v) is 11.8. The van der Waals surface area contributed by atoms with Gasteiger partial charge in [-0.25, -0.2) is 0 Å². The minimum absolute atomic E-state index is 0.407. The average Bonchev–Trinajstić information content (AvgIpc) is 2.58. The predicted molar refractivity (Wildman–Crippen MR) is 73.9 cm³/mol. The Morgan fingerprint density at radius 2 is 1.88 bits per heavy atom. The lowest BCUT2D eigenvalue weighted by atomic mass is 9.90. The molecule has 0 aromatic heterocycles. The van der Waals surface area contributed by atoms with Crippen LogP contribution in [0.3, 0.4) is 0 Å². The molecule has 2 unspecified atom stereocenters. The van der Waals surface area contributed by atoms with E-state index in [-0.39, 0.29) is 0 Å². The molecule has 1 nitrogen and oxygen atoms in total. The Balaban J connectivity index is 0.000000686. The summed E-state index contributed by atoms with van der Waals surface area (Å²) in [6, 6.07) is 0. The van der Waals surface area contributed by atoms with E-state index in [0.29, 0.717) is 17.6 Å². The van der Waals surface area contributed by atoms with Crippen LogP contribution in [0.15, 0.2) is 23.3 Å². The van der Waals surface area contributed by atoms with Gasteiger partial charge in [0.05, 0.1) is 0 Å². The molecular formula is C16H26O. The van der Waals surface area contributed by atoms with E-state index in [1.807, 2.05) is 13.8 Å². The molecule has 0 radical (unpaired) electrons. The second-order valence-electron chi connectivity index (χ2n) is 5.15. The highest BCUT2D eigenvalue weighted by atomic mass is 16.1. The van der Waals surface area contributed by atoms with Crippen molar-refractivity contribution in [2.75, 3.05) is 0 Å². The first-order chi connectivity index (χ1) is 8.09. The number of carbonyl (C=O) groups is 1. The van der Waals surface area contributed by atoms with E-state index in [2.05, 4.69) is 20.4 Å². The Kier molecular flexibility index (Phi) is 5.17. The van der Waals surface area contributed by atoms with E-state index in [0.717, 1.165) is 24.8 Å². The van der Waals surface area contributed by atoms with E-state index >= 15 is 0 Å². The second-order valence-corrected chi connectivity index (χ2v) is 5.15. The van der Waals surface area contributed by atoms with Crippen LogP contribution < -0.4 is 0 Å². The largest absolute Gasteiger partial charge is 0.295 e. The van der Waals surface area contributed by atoms with Crippen LogP contribution in [0, 0.1) is 11.8 Å². The molecule has 0 amide bonds. The molecule has 0 aromatic carbocycles. The molecule has 2 aliphatic rings. The average molecular weight is 234 g/mol. The molecule has 1 heteroatoms. The van der Waals surface area contributed by atoms with Gasteiger partial charge in [0, 0.05) is 6.42 Å². The fourth-order valence-corrected chi connectivity index (χ4v) is 2.91. The molecule has 17 heavy (non-hydrogen) atoms. The summed E-state index contributed by atoms with van der Waals surface area (Å²) in [5.74, 6) is 1.57. The van der Waals surface area contributed by atoms with Gasteiger partial charge in [-0.3, -0.25) is 4.79 Å². The lowest BCUT2D eigenvalue weighted by molar-refractivity contribution is -0.115. The zero-order chi connectivity index (χ0) is 13.0. The normalized spacial score (nSPS) is 28.1. The monoisotopic (exact) mass is 234 g/mol. The number of carbonyl (C=O) groups excluding carboxylic acids is 1. The van der Waals surface area contributed by atoms with Crippen LogP contribution in [0.1, 0.15) is 59.8 Å². The molecule has 2 rings (SSSR count). The van der Waals surface area contributed by atoms with Gasteiger partial charge in [0.2, 0.25) is 0 Å².